The molecule has 0 atom stereocenters. The average Bonchev–Trinajstić information content (AvgIpc) is 2.41. The summed E-state index contributed by atoms with van der Waals surface area (Å²) >= 11 is 0. The molecule has 0 radical (unpaired) electrons. The lowest BCUT2D eigenvalue weighted by Gasteiger charge is -2.26. The second kappa shape index (κ2) is 7.63. The fourth-order valence-corrected chi connectivity index (χ4v) is 2.63. The van der Waals surface area contributed by atoms with Gasteiger partial charge in [0.05, 0.1) is 5.69 Å². The predicted molar refractivity (Wildman–Crippen MR) is 82.8 cm³/mol. The fourth-order valence-electron chi connectivity index (χ4n) is 2.63. The molecule has 1 heterocycles. The highest BCUT2D eigenvalue weighted by Crippen LogP contribution is 2.26. The maximum Gasteiger partial charge on any atom is 0.213 e. The van der Waals surface area contributed by atoms with Gasteiger partial charge in [-0.15, -0.1) is 0 Å². The summed E-state index contributed by atoms with van der Waals surface area (Å²) in [7, 11) is 0. The van der Waals surface area contributed by atoms with E-state index in [1.165, 1.54) is 25.7 Å². The summed E-state index contributed by atoms with van der Waals surface area (Å²) in [6, 6.07) is 6.08. The van der Waals surface area contributed by atoms with Gasteiger partial charge in [0, 0.05) is 12.6 Å². The van der Waals surface area contributed by atoms with Crippen LogP contribution in [0.3, 0.4) is 0 Å². The van der Waals surface area contributed by atoms with Crippen LogP contribution in [0.5, 0.6) is 5.88 Å². The molecule has 3 heteroatoms. The van der Waals surface area contributed by atoms with Crippen LogP contribution in [0.25, 0.3) is 0 Å². The van der Waals surface area contributed by atoms with Gasteiger partial charge in [0.15, 0.2) is 0 Å². The van der Waals surface area contributed by atoms with Crippen LogP contribution in [0, 0.1) is 11.8 Å². The van der Waals surface area contributed by atoms with Gasteiger partial charge in [-0.3, -0.25) is 0 Å². The first kappa shape index (κ1) is 15.3. The summed E-state index contributed by atoms with van der Waals surface area (Å²) < 4.78 is 6.03. The van der Waals surface area contributed by atoms with Crippen LogP contribution >= 0.6 is 0 Å². The standard InChI is InChI=1S/C17H28N2O/c1-13(2)11-18-12-15-5-4-6-17(19-15)20-16-9-7-14(3)8-10-16/h4-6,13-14,16,18H,7-12H2,1-3H3. The van der Waals surface area contributed by atoms with Crippen LogP contribution in [-0.4, -0.2) is 17.6 Å². The number of ether oxygens (including phenoxy) is 1. The molecule has 0 aromatic carbocycles. The lowest BCUT2D eigenvalue weighted by Crippen LogP contribution is -2.24. The first-order valence-electron chi connectivity index (χ1n) is 7.97. The zero-order valence-corrected chi connectivity index (χ0v) is 13.1. The Morgan fingerprint density at radius 1 is 1.25 bits per heavy atom. The number of nitrogens with zero attached hydrogens (tertiary/aromatic N) is 1. The summed E-state index contributed by atoms with van der Waals surface area (Å²) in [5.41, 5.74) is 1.06. The summed E-state index contributed by atoms with van der Waals surface area (Å²) in [6.07, 6.45) is 5.25. The normalized spacial score (nSPS) is 23.0. The van der Waals surface area contributed by atoms with Gasteiger partial charge < -0.3 is 10.1 Å². The van der Waals surface area contributed by atoms with E-state index in [9.17, 15) is 0 Å². The van der Waals surface area contributed by atoms with E-state index in [0.717, 1.165) is 30.6 Å². The second-order valence-corrected chi connectivity index (χ2v) is 6.49. The molecular weight excluding hydrogens is 248 g/mol. The van der Waals surface area contributed by atoms with E-state index in [0.29, 0.717) is 12.0 Å². The van der Waals surface area contributed by atoms with Gasteiger partial charge in [-0.1, -0.05) is 26.8 Å². The smallest absolute Gasteiger partial charge is 0.213 e. The van der Waals surface area contributed by atoms with Crippen molar-refractivity contribution in [3.8, 4) is 5.88 Å². The molecule has 2 rings (SSSR count). The molecule has 1 aliphatic rings. The molecular formula is C17H28N2O. The highest BCUT2D eigenvalue weighted by atomic mass is 16.5. The number of aromatic nitrogens is 1. The molecule has 1 N–H and O–H groups in total. The van der Waals surface area contributed by atoms with E-state index in [1.807, 2.05) is 12.1 Å². The third-order valence-corrected chi connectivity index (χ3v) is 3.89. The zero-order valence-electron chi connectivity index (χ0n) is 13.1. The van der Waals surface area contributed by atoms with E-state index in [1.54, 1.807) is 0 Å². The van der Waals surface area contributed by atoms with Crippen molar-refractivity contribution < 1.29 is 4.74 Å². The molecule has 3 nitrogen and oxygen atoms in total. The highest BCUT2D eigenvalue weighted by molar-refractivity contribution is 5.16. The third-order valence-electron chi connectivity index (χ3n) is 3.89. The predicted octanol–water partition coefficient (Wildman–Crippen LogP) is 3.78. The SMILES string of the molecule is CC(C)CNCc1cccc(OC2CCC(C)CC2)n1. The van der Waals surface area contributed by atoms with E-state index < -0.39 is 0 Å². The van der Waals surface area contributed by atoms with Gasteiger partial charge in [-0.2, -0.15) is 0 Å². The van der Waals surface area contributed by atoms with Crippen LogP contribution in [-0.2, 0) is 6.54 Å². The molecule has 0 amide bonds. The maximum absolute atomic E-state index is 6.03. The van der Waals surface area contributed by atoms with Gasteiger partial charge in [0.25, 0.3) is 0 Å². The fraction of sp³-hybridized carbons (Fsp3) is 0.706. The number of nitrogens with one attached hydrogen (secondary N) is 1. The average molecular weight is 276 g/mol. The van der Waals surface area contributed by atoms with Gasteiger partial charge in [0.1, 0.15) is 6.10 Å². The van der Waals surface area contributed by atoms with Gasteiger partial charge >= 0.3 is 0 Å². The summed E-state index contributed by atoms with van der Waals surface area (Å²) in [4.78, 5) is 4.60. The minimum atomic E-state index is 0.359. The van der Waals surface area contributed by atoms with Crippen LogP contribution in [0.4, 0.5) is 0 Å². The Bertz CT molecular complexity index is 398. The molecule has 1 saturated carbocycles. The molecule has 0 unspecified atom stereocenters. The van der Waals surface area contributed by atoms with Crippen LogP contribution < -0.4 is 10.1 Å². The Labute approximate surface area is 123 Å². The van der Waals surface area contributed by atoms with Crippen LogP contribution in [0.15, 0.2) is 18.2 Å². The molecule has 112 valence electrons. The van der Waals surface area contributed by atoms with Gasteiger partial charge in [-0.05, 0) is 50.1 Å². The topological polar surface area (TPSA) is 34.1 Å². The Morgan fingerprint density at radius 2 is 2.00 bits per heavy atom. The first-order valence-corrected chi connectivity index (χ1v) is 7.97. The molecule has 1 fully saturated rings. The molecule has 0 saturated heterocycles. The van der Waals surface area contributed by atoms with Crippen molar-refractivity contribution >= 4 is 0 Å². The van der Waals surface area contributed by atoms with Crippen molar-refractivity contribution in [3.63, 3.8) is 0 Å². The monoisotopic (exact) mass is 276 g/mol. The molecule has 1 aliphatic carbocycles. The molecule has 1 aromatic heterocycles. The Hall–Kier alpha value is -1.09. The number of pyridine rings is 1. The Morgan fingerprint density at radius 3 is 2.70 bits per heavy atom. The van der Waals surface area contributed by atoms with E-state index >= 15 is 0 Å². The van der Waals surface area contributed by atoms with Gasteiger partial charge in [0.2, 0.25) is 5.88 Å². The lowest BCUT2D eigenvalue weighted by molar-refractivity contribution is 0.130. The summed E-state index contributed by atoms with van der Waals surface area (Å²) in [6.45, 7) is 8.59. The molecule has 1 aromatic rings. The van der Waals surface area contributed by atoms with Crippen LogP contribution in [0.1, 0.15) is 52.1 Å². The largest absolute Gasteiger partial charge is 0.474 e. The minimum absolute atomic E-state index is 0.359. The molecule has 20 heavy (non-hydrogen) atoms. The molecule has 0 spiro atoms. The summed E-state index contributed by atoms with van der Waals surface area (Å²) in [5.74, 6) is 2.31. The second-order valence-electron chi connectivity index (χ2n) is 6.49. The zero-order chi connectivity index (χ0) is 14.4. The molecule has 0 aliphatic heterocycles. The number of hydrogen-bond acceptors (Lipinski definition) is 3. The van der Waals surface area contributed by atoms with Crippen molar-refractivity contribution in [2.24, 2.45) is 11.8 Å². The van der Waals surface area contributed by atoms with Gasteiger partial charge in [-0.25, -0.2) is 4.98 Å². The van der Waals surface area contributed by atoms with Crippen molar-refractivity contribution in [2.75, 3.05) is 6.54 Å². The van der Waals surface area contributed by atoms with Crippen molar-refractivity contribution in [2.45, 2.75) is 59.1 Å². The van der Waals surface area contributed by atoms with E-state index in [-0.39, 0.29) is 0 Å². The number of rotatable bonds is 6. The van der Waals surface area contributed by atoms with E-state index in [2.05, 4.69) is 37.1 Å². The van der Waals surface area contributed by atoms with Crippen molar-refractivity contribution in [1.82, 2.24) is 10.3 Å². The first-order chi connectivity index (χ1) is 9.63. The van der Waals surface area contributed by atoms with Crippen LogP contribution in [0.2, 0.25) is 0 Å². The van der Waals surface area contributed by atoms with Crippen molar-refractivity contribution in [1.29, 1.82) is 0 Å². The quantitative estimate of drug-likeness (QED) is 0.858. The lowest BCUT2D eigenvalue weighted by atomic mass is 9.89. The number of hydrogen-bond donors (Lipinski definition) is 1. The third kappa shape index (κ3) is 5.12. The van der Waals surface area contributed by atoms with E-state index in [4.69, 9.17) is 4.74 Å². The van der Waals surface area contributed by atoms with Crippen molar-refractivity contribution in [3.05, 3.63) is 23.9 Å². The summed E-state index contributed by atoms with van der Waals surface area (Å²) in [5, 5.41) is 3.42. The minimum Gasteiger partial charge on any atom is -0.474 e. The highest BCUT2D eigenvalue weighted by Gasteiger charge is 2.19. The molecule has 0 bridgehead atoms. The Kier molecular flexibility index (Phi) is 5.84. The maximum atomic E-state index is 6.03. The Balaban J connectivity index is 1.82.